The molecular formula is C35H43FN2O16S. The third-order valence-corrected chi connectivity index (χ3v) is 7.82. The topological polar surface area (TPSA) is 227 Å². The Kier molecular flexibility index (Phi) is 15.3. The molecule has 1 unspecified atom stereocenters. The monoisotopic (exact) mass is 798 g/mol. The summed E-state index contributed by atoms with van der Waals surface area (Å²) in [6.07, 6.45) is -8.56. The highest BCUT2D eigenvalue weighted by atomic mass is 32.3. The molecule has 1 N–H and O–H groups in total. The Bertz CT molecular complexity index is 1840. The van der Waals surface area contributed by atoms with Crippen molar-refractivity contribution in [2.24, 2.45) is 4.36 Å². The quantitative estimate of drug-likeness (QED) is 0.163. The predicted octanol–water partition coefficient (Wildman–Crippen LogP) is 3.74. The number of hydrogen-bond donors (Lipinski definition) is 1. The van der Waals surface area contributed by atoms with Gasteiger partial charge < -0.3 is 47.4 Å². The van der Waals surface area contributed by atoms with E-state index in [-0.39, 0.29) is 23.6 Å². The van der Waals surface area contributed by atoms with Crippen LogP contribution >= 0.6 is 0 Å². The van der Waals surface area contributed by atoms with Gasteiger partial charge in [0.25, 0.3) is 0 Å². The number of nitrogens with one attached hydrogen (secondary N) is 1. The van der Waals surface area contributed by atoms with Crippen LogP contribution in [0.5, 0.6) is 11.5 Å². The highest BCUT2D eigenvalue weighted by Crippen LogP contribution is 2.35. The summed E-state index contributed by atoms with van der Waals surface area (Å²) in [5.41, 5.74) is -0.713. The average molecular weight is 799 g/mol. The number of nitrogens with zero attached hydrogens (tertiary/aromatic N) is 1. The molecule has 55 heavy (non-hydrogen) atoms. The zero-order valence-electron chi connectivity index (χ0n) is 31.3. The molecule has 2 aromatic rings. The van der Waals surface area contributed by atoms with E-state index in [4.69, 9.17) is 42.1 Å². The van der Waals surface area contributed by atoms with Crippen LogP contribution in [-0.4, -0.2) is 96.2 Å². The van der Waals surface area contributed by atoms with Crippen LogP contribution in [-0.2, 0) is 73.9 Å². The summed E-state index contributed by atoms with van der Waals surface area (Å²) in [7, 11) is -3.86. The number of carbonyl (C=O) groups is 6. The number of rotatable bonds is 14. The van der Waals surface area contributed by atoms with Crippen LogP contribution in [0.25, 0.3) is 0 Å². The molecular weight excluding hydrogens is 755 g/mol. The summed E-state index contributed by atoms with van der Waals surface area (Å²) in [6, 6.07) is 9.59. The molecule has 20 heteroatoms. The van der Waals surface area contributed by atoms with Crippen molar-refractivity contribution in [1.29, 1.82) is 0 Å². The number of para-hydroxylation sites is 1. The number of ether oxygens (including phenoxy) is 8. The molecule has 2 aromatic carbocycles. The van der Waals surface area contributed by atoms with E-state index < -0.39 is 95.3 Å². The van der Waals surface area contributed by atoms with Crippen LogP contribution < -0.4 is 14.2 Å². The summed E-state index contributed by atoms with van der Waals surface area (Å²) < 4.78 is 80.2. The van der Waals surface area contributed by atoms with Gasteiger partial charge in [-0.15, -0.1) is 4.36 Å². The lowest BCUT2D eigenvalue weighted by atomic mass is 9.98. The van der Waals surface area contributed by atoms with Gasteiger partial charge in [-0.25, -0.2) is 9.59 Å². The Labute approximate surface area is 316 Å². The maximum absolute atomic E-state index is 15.5. The van der Waals surface area contributed by atoms with Gasteiger partial charge in [-0.3, -0.25) is 19.2 Å². The number of alkyl carbamates (subject to hydrolysis) is 1. The molecule has 1 amide bonds. The van der Waals surface area contributed by atoms with Gasteiger partial charge in [-0.1, -0.05) is 28.2 Å². The molecule has 3 rings (SSSR count). The highest BCUT2D eigenvalue weighted by Gasteiger charge is 2.53. The summed E-state index contributed by atoms with van der Waals surface area (Å²) >= 11 is 0. The van der Waals surface area contributed by atoms with E-state index in [9.17, 15) is 33.0 Å². The minimum absolute atomic E-state index is 0.0501. The number of carbonyl (C=O) groups excluding carboxylic acids is 6. The molecule has 0 radical (unpaired) electrons. The first kappa shape index (κ1) is 43.9. The van der Waals surface area contributed by atoms with Crippen molar-refractivity contribution >= 4 is 52.0 Å². The first-order chi connectivity index (χ1) is 25.7. The van der Waals surface area contributed by atoms with Crippen LogP contribution in [0, 0.1) is 0 Å². The van der Waals surface area contributed by atoms with Crippen molar-refractivity contribution in [3.05, 3.63) is 54.1 Å². The fourth-order valence-electron chi connectivity index (χ4n) is 5.00. The Hall–Kier alpha value is -5.50. The van der Waals surface area contributed by atoms with Gasteiger partial charge in [-0.05, 0) is 50.6 Å². The van der Waals surface area contributed by atoms with Crippen LogP contribution in [0.4, 0.5) is 14.4 Å². The Morgan fingerprint density at radius 1 is 0.855 bits per heavy atom. The summed E-state index contributed by atoms with van der Waals surface area (Å²) in [4.78, 5) is 72.6. The van der Waals surface area contributed by atoms with Gasteiger partial charge in [0.1, 0.15) is 41.5 Å². The molecule has 0 bridgehead atoms. The number of benzene rings is 2. The van der Waals surface area contributed by atoms with Gasteiger partial charge in [0.2, 0.25) is 12.4 Å². The lowest BCUT2D eigenvalue weighted by Gasteiger charge is -2.43. The molecule has 0 spiro atoms. The van der Waals surface area contributed by atoms with E-state index in [1.807, 2.05) is 0 Å². The van der Waals surface area contributed by atoms with Gasteiger partial charge >= 0.3 is 46.3 Å². The molecule has 1 heterocycles. The molecule has 1 saturated heterocycles. The standard InChI is InChI=1S/C35H43FN2O16S/c1-19(39)47-18-28-29(48-20(2)40)30(49-21(3)41)31(50-22(4)42)33(52-28)51-27-12-10-9-11-25(27)38-55(36,45)54-24-15-13-23(14-16-24)17-26(32(43)46-8)37-34(44)53-35(5,6)7/h9-16,26,28-31,33H,17-18H2,1-8H3,(H,37,44)/t26-,28+,29-,30-,31+,33+,55?/m0/s1. The predicted molar refractivity (Wildman–Crippen MR) is 186 cm³/mol. The number of methoxy groups -OCH3 is 1. The highest BCUT2D eigenvalue weighted by molar-refractivity contribution is 7.84. The number of esters is 5. The van der Waals surface area contributed by atoms with Gasteiger partial charge in [0.15, 0.2) is 12.2 Å². The fraction of sp³-hybridized carbons (Fsp3) is 0.486. The largest absolute Gasteiger partial charge is 0.467 e. The van der Waals surface area contributed by atoms with Crippen LogP contribution in [0.2, 0.25) is 0 Å². The van der Waals surface area contributed by atoms with Gasteiger partial charge in [-0.2, -0.15) is 4.21 Å². The third kappa shape index (κ3) is 14.3. The number of hydrogen-bond acceptors (Lipinski definition) is 17. The zero-order chi connectivity index (χ0) is 41.1. The summed E-state index contributed by atoms with van der Waals surface area (Å²) in [5.74, 6) is -4.58. The smallest absolute Gasteiger partial charge is 0.408 e. The van der Waals surface area contributed by atoms with E-state index >= 15 is 3.89 Å². The van der Waals surface area contributed by atoms with Gasteiger partial charge in [0.05, 0.1) is 7.11 Å². The Balaban J connectivity index is 1.90. The molecule has 302 valence electrons. The van der Waals surface area contributed by atoms with E-state index in [1.54, 1.807) is 20.8 Å². The molecule has 0 aromatic heterocycles. The van der Waals surface area contributed by atoms with Crippen molar-refractivity contribution in [3.8, 4) is 11.5 Å². The number of amides is 1. The van der Waals surface area contributed by atoms with Crippen molar-refractivity contribution in [3.63, 3.8) is 0 Å². The van der Waals surface area contributed by atoms with E-state index in [0.29, 0.717) is 5.56 Å². The summed E-state index contributed by atoms with van der Waals surface area (Å²) in [5, 5.41) is 2.44. The minimum atomic E-state index is -5.01. The maximum Gasteiger partial charge on any atom is 0.408 e. The molecule has 0 saturated carbocycles. The van der Waals surface area contributed by atoms with Crippen LogP contribution in [0.15, 0.2) is 52.9 Å². The van der Waals surface area contributed by atoms with Crippen molar-refractivity contribution in [2.75, 3.05) is 13.7 Å². The minimum Gasteiger partial charge on any atom is -0.467 e. The molecule has 7 atom stereocenters. The molecule has 1 fully saturated rings. The Morgan fingerprint density at radius 2 is 1.44 bits per heavy atom. The second kappa shape index (κ2) is 19.2. The van der Waals surface area contributed by atoms with Crippen molar-refractivity contribution in [2.45, 2.75) is 97.2 Å². The zero-order valence-corrected chi connectivity index (χ0v) is 32.1. The van der Waals surface area contributed by atoms with E-state index in [2.05, 4.69) is 9.68 Å². The normalized spacial score (nSPS) is 20.9. The maximum atomic E-state index is 15.5. The third-order valence-electron chi connectivity index (χ3n) is 7.00. The Morgan fingerprint density at radius 3 is 2.00 bits per heavy atom. The second-order valence-electron chi connectivity index (χ2n) is 12.8. The number of halogens is 1. The molecule has 0 aliphatic carbocycles. The lowest BCUT2D eigenvalue weighted by molar-refractivity contribution is -0.288. The second-order valence-corrected chi connectivity index (χ2v) is 14.0. The average Bonchev–Trinajstić information content (AvgIpc) is 3.05. The molecule has 1 aliphatic heterocycles. The first-order valence-electron chi connectivity index (χ1n) is 16.5. The van der Waals surface area contributed by atoms with E-state index in [1.165, 1.54) is 48.5 Å². The SMILES string of the molecule is COC(=O)[C@H](Cc1ccc(OS(=O)(F)=Nc2ccccc2O[C@@H]2O[C@H](COC(C)=O)[C@H](OC(C)=O)[C@H](OC(C)=O)[C@H]2OC(C)=O)cc1)NC(=O)OC(C)(C)C. The van der Waals surface area contributed by atoms with Crippen molar-refractivity contribution in [1.82, 2.24) is 5.32 Å². The lowest BCUT2D eigenvalue weighted by Crippen LogP contribution is -2.63. The van der Waals surface area contributed by atoms with Crippen LogP contribution in [0.1, 0.15) is 54.0 Å². The summed E-state index contributed by atoms with van der Waals surface area (Å²) in [6.45, 7) is 8.69. The fourth-order valence-corrected chi connectivity index (χ4v) is 5.77. The molecule has 1 aliphatic rings. The van der Waals surface area contributed by atoms with Crippen molar-refractivity contribution < 1.29 is 78.9 Å². The van der Waals surface area contributed by atoms with Crippen LogP contribution in [0.3, 0.4) is 0 Å². The van der Waals surface area contributed by atoms with Gasteiger partial charge in [0, 0.05) is 34.1 Å². The molecule has 18 nitrogen and oxygen atoms in total. The first-order valence-corrected chi connectivity index (χ1v) is 17.9. The van der Waals surface area contributed by atoms with E-state index in [0.717, 1.165) is 34.8 Å².